The number of rotatable bonds is 10. The van der Waals surface area contributed by atoms with E-state index in [0.717, 1.165) is 17.8 Å². The Labute approximate surface area is 208 Å². The number of aryl methyl sites for hydroxylation is 1. The number of nitrogens with one attached hydrogen (secondary N) is 1. The number of esters is 1. The van der Waals surface area contributed by atoms with Crippen LogP contribution in [0.3, 0.4) is 0 Å². The largest absolute Gasteiger partial charge is 0.494 e. The molecule has 36 heavy (non-hydrogen) atoms. The molecule has 1 aromatic heterocycles. The number of aromatic nitrogens is 1. The van der Waals surface area contributed by atoms with E-state index < -0.39 is 10.9 Å². The van der Waals surface area contributed by atoms with Gasteiger partial charge < -0.3 is 14.0 Å². The van der Waals surface area contributed by atoms with Crippen LogP contribution in [-0.2, 0) is 4.74 Å². The minimum atomic E-state index is -0.747. The van der Waals surface area contributed by atoms with Crippen LogP contribution >= 0.6 is 0 Å². The van der Waals surface area contributed by atoms with E-state index in [4.69, 9.17) is 9.47 Å². The lowest BCUT2D eigenvalue weighted by Crippen LogP contribution is -2.17. The maximum absolute atomic E-state index is 12.4. The Morgan fingerprint density at radius 3 is 2.47 bits per heavy atom. The third kappa shape index (κ3) is 5.96. The smallest absolute Gasteiger partial charge is 0.345 e. The lowest BCUT2D eigenvalue weighted by atomic mass is 10.1. The molecule has 3 aromatic rings. The molecule has 3 rings (SSSR count). The zero-order chi connectivity index (χ0) is 26.2. The van der Waals surface area contributed by atoms with Crippen LogP contribution in [0.15, 0.2) is 53.6 Å². The van der Waals surface area contributed by atoms with Crippen LogP contribution in [-0.4, -0.2) is 40.8 Å². The number of hydrogen-bond donors (Lipinski definition) is 1. The zero-order valence-corrected chi connectivity index (χ0v) is 20.6. The van der Waals surface area contributed by atoms with Gasteiger partial charge in [0.1, 0.15) is 11.3 Å². The van der Waals surface area contributed by atoms with Gasteiger partial charge >= 0.3 is 5.97 Å². The van der Waals surface area contributed by atoms with Crippen LogP contribution in [0.5, 0.6) is 5.75 Å². The second-order valence-electron chi connectivity index (χ2n) is 7.91. The number of nitro groups is 1. The molecule has 1 N–H and O–H groups in total. The number of ether oxygens (including phenoxy) is 2. The van der Waals surface area contributed by atoms with E-state index in [-0.39, 0.29) is 23.8 Å². The van der Waals surface area contributed by atoms with Crippen molar-refractivity contribution in [1.82, 2.24) is 9.99 Å². The molecule has 1 heterocycles. The van der Waals surface area contributed by atoms with Gasteiger partial charge in [0.05, 0.1) is 30.0 Å². The first-order valence-electron chi connectivity index (χ1n) is 11.5. The molecule has 0 saturated carbocycles. The van der Waals surface area contributed by atoms with Gasteiger partial charge in [0.2, 0.25) is 0 Å². The molecule has 0 atom stereocenters. The first-order chi connectivity index (χ1) is 17.3. The van der Waals surface area contributed by atoms with E-state index in [1.807, 2.05) is 26.8 Å². The molecule has 188 valence electrons. The average molecular weight is 493 g/mol. The Bertz CT molecular complexity index is 1290. The predicted octanol–water partition coefficient (Wildman–Crippen LogP) is 4.73. The molecule has 0 radical (unpaired) electrons. The van der Waals surface area contributed by atoms with Crippen molar-refractivity contribution in [2.45, 2.75) is 34.1 Å². The second-order valence-corrected chi connectivity index (χ2v) is 7.91. The standard InChI is InChI=1S/C26H28N4O6/c1-5-13-36-22-10-7-19(8-11-22)25(31)28-27-16-20-14-17(3)29(18(20)4)21-9-12-23(26(32)35-6-2)24(15-21)30(33)34/h7-12,14-16H,5-6,13H2,1-4H3,(H,28,31)/b27-16-. The Hall–Kier alpha value is -4.47. The highest BCUT2D eigenvalue weighted by Crippen LogP contribution is 2.27. The van der Waals surface area contributed by atoms with E-state index in [0.29, 0.717) is 29.2 Å². The van der Waals surface area contributed by atoms with E-state index in [1.54, 1.807) is 41.8 Å². The summed E-state index contributed by atoms with van der Waals surface area (Å²) in [4.78, 5) is 35.5. The number of hydrogen-bond acceptors (Lipinski definition) is 7. The number of carbonyl (C=O) groups is 2. The van der Waals surface area contributed by atoms with Crippen LogP contribution in [0.2, 0.25) is 0 Å². The van der Waals surface area contributed by atoms with Crippen molar-refractivity contribution in [2.75, 3.05) is 13.2 Å². The molecule has 0 spiro atoms. The van der Waals surface area contributed by atoms with Gasteiger partial charge in [-0.25, -0.2) is 10.2 Å². The molecule has 0 bridgehead atoms. The first kappa shape index (κ1) is 26.1. The number of nitrogens with zero attached hydrogens (tertiary/aromatic N) is 3. The van der Waals surface area contributed by atoms with E-state index in [9.17, 15) is 19.7 Å². The average Bonchev–Trinajstić information content (AvgIpc) is 3.15. The topological polar surface area (TPSA) is 125 Å². The lowest BCUT2D eigenvalue weighted by Gasteiger charge is -2.11. The highest BCUT2D eigenvalue weighted by atomic mass is 16.6. The van der Waals surface area contributed by atoms with Crippen LogP contribution in [0, 0.1) is 24.0 Å². The molecule has 0 aliphatic rings. The number of amides is 1. The summed E-state index contributed by atoms with van der Waals surface area (Å²) in [5.74, 6) is -0.421. The second kappa shape index (κ2) is 11.8. The Kier molecular flexibility index (Phi) is 8.56. The molecular weight excluding hydrogens is 464 g/mol. The predicted molar refractivity (Wildman–Crippen MR) is 135 cm³/mol. The number of nitro benzene ring substituents is 1. The van der Waals surface area contributed by atoms with Crippen molar-refractivity contribution in [3.8, 4) is 11.4 Å². The minimum Gasteiger partial charge on any atom is -0.494 e. The molecule has 0 aliphatic heterocycles. The summed E-state index contributed by atoms with van der Waals surface area (Å²) in [6, 6.07) is 13.0. The minimum absolute atomic E-state index is 0.109. The number of benzene rings is 2. The van der Waals surface area contributed by atoms with Gasteiger partial charge in [-0.3, -0.25) is 14.9 Å². The molecule has 2 aromatic carbocycles. The molecular formula is C26H28N4O6. The van der Waals surface area contributed by atoms with Crippen molar-refractivity contribution < 1.29 is 24.0 Å². The zero-order valence-electron chi connectivity index (χ0n) is 20.6. The van der Waals surface area contributed by atoms with Crippen LogP contribution in [0.1, 0.15) is 57.9 Å². The number of hydrazone groups is 1. The highest BCUT2D eigenvalue weighted by Gasteiger charge is 2.23. The summed E-state index contributed by atoms with van der Waals surface area (Å²) in [7, 11) is 0. The maximum Gasteiger partial charge on any atom is 0.345 e. The van der Waals surface area contributed by atoms with Crippen LogP contribution < -0.4 is 10.2 Å². The molecule has 10 nitrogen and oxygen atoms in total. The molecule has 10 heteroatoms. The molecule has 0 saturated heterocycles. The van der Waals surface area contributed by atoms with Gasteiger partial charge in [0.15, 0.2) is 0 Å². The van der Waals surface area contributed by atoms with Crippen LogP contribution in [0.4, 0.5) is 5.69 Å². The van der Waals surface area contributed by atoms with Crippen molar-refractivity contribution in [1.29, 1.82) is 0 Å². The molecule has 1 amide bonds. The summed E-state index contributed by atoms with van der Waals surface area (Å²) in [5.41, 5.74) is 5.26. The van der Waals surface area contributed by atoms with Gasteiger partial charge in [0, 0.05) is 28.6 Å². The van der Waals surface area contributed by atoms with E-state index in [1.165, 1.54) is 18.3 Å². The Morgan fingerprint density at radius 1 is 1.11 bits per heavy atom. The van der Waals surface area contributed by atoms with Crippen molar-refractivity contribution in [3.63, 3.8) is 0 Å². The van der Waals surface area contributed by atoms with E-state index >= 15 is 0 Å². The van der Waals surface area contributed by atoms with Gasteiger partial charge in [-0.1, -0.05) is 6.92 Å². The highest BCUT2D eigenvalue weighted by molar-refractivity contribution is 5.95. The summed E-state index contributed by atoms with van der Waals surface area (Å²) in [6.07, 6.45) is 2.41. The van der Waals surface area contributed by atoms with Crippen LogP contribution in [0.25, 0.3) is 5.69 Å². The van der Waals surface area contributed by atoms with Gasteiger partial charge in [-0.05, 0) is 69.7 Å². The van der Waals surface area contributed by atoms with Gasteiger partial charge in [-0.15, -0.1) is 0 Å². The monoisotopic (exact) mass is 492 g/mol. The molecule has 0 aliphatic carbocycles. The quantitative estimate of drug-likeness (QED) is 0.189. The Morgan fingerprint density at radius 2 is 1.83 bits per heavy atom. The molecule has 0 fully saturated rings. The first-order valence-corrected chi connectivity index (χ1v) is 11.5. The van der Waals surface area contributed by atoms with Crippen molar-refractivity contribution in [3.05, 3.63) is 86.7 Å². The molecule has 0 unspecified atom stereocenters. The fraction of sp³-hybridized carbons (Fsp3) is 0.269. The fourth-order valence-electron chi connectivity index (χ4n) is 3.65. The third-order valence-electron chi connectivity index (χ3n) is 5.36. The SMILES string of the molecule is CCCOc1ccc(C(=O)N/N=C\c2cc(C)n(-c3ccc(C(=O)OCC)c([N+](=O)[O-])c3)c2C)cc1. The Balaban J connectivity index is 1.79. The van der Waals surface area contributed by atoms with Crippen molar-refractivity contribution >= 4 is 23.8 Å². The summed E-state index contributed by atoms with van der Waals surface area (Å²) < 4.78 is 12.2. The summed E-state index contributed by atoms with van der Waals surface area (Å²) in [6.45, 7) is 8.05. The van der Waals surface area contributed by atoms with E-state index in [2.05, 4.69) is 10.5 Å². The number of carbonyl (C=O) groups excluding carboxylic acids is 2. The normalized spacial score (nSPS) is 10.9. The summed E-state index contributed by atoms with van der Waals surface area (Å²) >= 11 is 0. The van der Waals surface area contributed by atoms with Crippen molar-refractivity contribution in [2.24, 2.45) is 5.10 Å². The maximum atomic E-state index is 12.4. The van der Waals surface area contributed by atoms with Gasteiger partial charge in [0.25, 0.3) is 11.6 Å². The third-order valence-corrected chi connectivity index (χ3v) is 5.36. The summed E-state index contributed by atoms with van der Waals surface area (Å²) in [5, 5.41) is 15.7. The fourth-order valence-corrected chi connectivity index (χ4v) is 3.65. The lowest BCUT2D eigenvalue weighted by molar-refractivity contribution is -0.385. The van der Waals surface area contributed by atoms with Gasteiger partial charge in [-0.2, -0.15) is 5.10 Å².